The molecule has 0 radical (unpaired) electrons. The highest BCUT2D eigenvalue weighted by Gasteiger charge is 2.18. The van der Waals surface area contributed by atoms with Crippen LogP contribution in [-0.2, 0) is 0 Å². The minimum atomic E-state index is -0.666. The molecule has 0 amide bonds. The van der Waals surface area contributed by atoms with Gasteiger partial charge in [-0.05, 0) is 0 Å². The number of rotatable bonds is 2. The van der Waals surface area contributed by atoms with Crippen molar-refractivity contribution in [2.24, 2.45) is 0 Å². The van der Waals surface area contributed by atoms with Gasteiger partial charge in [-0.3, -0.25) is 10.1 Å². The second kappa shape index (κ2) is 3.79. The lowest BCUT2D eigenvalue weighted by Crippen LogP contribution is -2.11. The van der Waals surface area contributed by atoms with E-state index in [9.17, 15) is 14.5 Å². The Hall–Kier alpha value is -1.36. The van der Waals surface area contributed by atoms with Crippen LogP contribution in [-0.4, -0.2) is 19.0 Å². The van der Waals surface area contributed by atoms with Crippen LogP contribution in [0.2, 0.25) is 5.02 Å². The molecule has 0 aliphatic heterocycles. The van der Waals surface area contributed by atoms with Gasteiger partial charge >= 0.3 is 0 Å². The first-order chi connectivity index (χ1) is 6.43. The molecule has 0 aliphatic carbocycles. The van der Waals surface area contributed by atoms with Gasteiger partial charge in [0.2, 0.25) is 0 Å². The Balaban J connectivity index is 3.39. The minimum absolute atomic E-state index is 0.192. The second-order valence-corrected chi connectivity index (χ2v) is 3.31. The van der Waals surface area contributed by atoms with E-state index < -0.39 is 10.7 Å². The molecule has 1 rings (SSSR count). The van der Waals surface area contributed by atoms with Gasteiger partial charge in [0, 0.05) is 26.2 Å². The zero-order valence-electron chi connectivity index (χ0n) is 7.62. The lowest BCUT2D eigenvalue weighted by molar-refractivity contribution is -0.384. The summed E-state index contributed by atoms with van der Waals surface area (Å²) >= 11 is 5.44. The van der Waals surface area contributed by atoms with E-state index in [1.165, 1.54) is 4.90 Å². The maximum Gasteiger partial charge on any atom is 0.294 e. The van der Waals surface area contributed by atoms with Crippen molar-refractivity contribution in [2.45, 2.75) is 0 Å². The van der Waals surface area contributed by atoms with E-state index in [0.29, 0.717) is 0 Å². The van der Waals surface area contributed by atoms with Crippen molar-refractivity contribution in [1.82, 2.24) is 0 Å². The van der Waals surface area contributed by atoms with Gasteiger partial charge in [-0.1, -0.05) is 11.6 Å². The Bertz CT molecular complexity index is 382. The number of anilines is 1. The van der Waals surface area contributed by atoms with Crippen molar-refractivity contribution < 1.29 is 9.31 Å². The SMILES string of the molecule is CN(C)c1cc(F)c(Cl)cc1[N+](=O)[O-]. The summed E-state index contributed by atoms with van der Waals surface area (Å²) < 4.78 is 13.0. The predicted molar refractivity (Wildman–Crippen MR) is 52.4 cm³/mol. The molecule has 0 saturated heterocycles. The number of hydrogen-bond donors (Lipinski definition) is 0. The molecule has 6 heteroatoms. The largest absolute Gasteiger partial charge is 0.372 e. The summed E-state index contributed by atoms with van der Waals surface area (Å²) in [7, 11) is 3.19. The van der Waals surface area contributed by atoms with E-state index in [2.05, 4.69) is 0 Å². The molecule has 0 N–H and O–H groups in total. The first-order valence-corrected chi connectivity index (χ1v) is 4.12. The van der Waals surface area contributed by atoms with Crippen LogP contribution in [0, 0.1) is 15.9 Å². The number of benzene rings is 1. The third-order valence-electron chi connectivity index (χ3n) is 1.70. The molecular weight excluding hydrogens is 211 g/mol. The zero-order valence-corrected chi connectivity index (χ0v) is 8.38. The number of halogens is 2. The molecule has 0 spiro atoms. The third kappa shape index (κ3) is 1.93. The van der Waals surface area contributed by atoms with Gasteiger partial charge in [0.15, 0.2) is 0 Å². The average molecular weight is 219 g/mol. The van der Waals surface area contributed by atoms with Crippen molar-refractivity contribution in [3.05, 3.63) is 33.1 Å². The van der Waals surface area contributed by atoms with E-state index >= 15 is 0 Å². The molecule has 0 atom stereocenters. The molecule has 4 nitrogen and oxygen atoms in total. The van der Waals surface area contributed by atoms with Gasteiger partial charge in [0.1, 0.15) is 11.5 Å². The number of hydrogen-bond acceptors (Lipinski definition) is 3. The van der Waals surface area contributed by atoms with Crippen LogP contribution in [0.3, 0.4) is 0 Å². The van der Waals surface area contributed by atoms with Crippen molar-refractivity contribution in [3.63, 3.8) is 0 Å². The van der Waals surface area contributed by atoms with Crippen molar-refractivity contribution in [3.8, 4) is 0 Å². The molecule has 1 aromatic rings. The van der Waals surface area contributed by atoms with Crippen molar-refractivity contribution in [1.29, 1.82) is 0 Å². The zero-order chi connectivity index (χ0) is 10.9. The molecule has 0 heterocycles. The number of nitro groups is 1. The Labute approximate surface area is 85.0 Å². The van der Waals surface area contributed by atoms with Crippen molar-refractivity contribution >= 4 is 23.0 Å². The predicted octanol–water partition coefficient (Wildman–Crippen LogP) is 2.45. The molecule has 76 valence electrons. The summed E-state index contributed by atoms with van der Waals surface area (Å²) in [6.45, 7) is 0. The van der Waals surface area contributed by atoms with Crippen LogP contribution in [0.1, 0.15) is 0 Å². The lowest BCUT2D eigenvalue weighted by Gasteiger charge is -2.12. The van der Waals surface area contributed by atoms with Gasteiger partial charge in [-0.2, -0.15) is 0 Å². The Morgan fingerprint density at radius 3 is 2.50 bits per heavy atom. The topological polar surface area (TPSA) is 46.4 Å². The van der Waals surface area contributed by atoms with Gasteiger partial charge in [0.25, 0.3) is 5.69 Å². The monoisotopic (exact) mass is 218 g/mol. The van der Waals surface area contributed by atoms with Crippen LogP contribution in [0.4, 0.5) is 15.8 Å². The fraction of sp³-hybridized carbons (Fsp3) is 0.250. The Morgan fingerprint density at radius 2 is 2.07 bits per heavy atom. The smallest absolute Gasteiger partial charge is 0.294 e. The van der Waals surface area contributed by atoms with E-state index in [0.717, 1.165) is 12.1 Å². The highest BCUT2D eigenvalue weighted by Crippen LogP contribution is 2.31. The fourth-order valence-corrected chi connectivity index (χ4v) is 1.19. The van der Waals surface area contributed by atoms with E-state index in [4.69, 9.17) is 11.6 Å². The third-order valence-corrected chi connectivity index (χ3v) is 1.99. The maximum absolute atomic E-state index is 13.0. The fourth-order valence-electron chi connectivity index (χ4n) is 1.03. The summed E-state index contributed by atoms with van der Waals surface area (Å²) in [5.41, 5.74) is -0.0155. The van der Waals surface area contributed by atoms with Crippen LogP contribution < -0.4 is 4.90 Å². The Morgan fingerprint density at radius 1 is 1.50 bits per heavy atom. The maximum atomic E-state index is 13.0. The van der Waals surface area contributed by atoms with E-state index in [1.807, 2.05) is 0 Å². The lowest BCUT2D eigenvalue weighted by atomic mass is 10.2. The molecule has 0 bridgehead atoms. The van der Waals surface area contributed by atoms with Crippen LogP contribution in [0.5, 0.6) is 0 Å². The molecule has 0 aliphatic rings. The summed E-state index contributed by atoms with van der Waals surface area (Å²) in [4.78, 5) is 11.4. The highest BCUT2D eigenvalue weighted by atomic mass is 35.5. The normalized spacial score (nSPS) is 10.0. The first-order valence-electron chi connectivity index (χ1n) is 3.74. The summed E-state index contributed by atoms with van der Waals surface area (Å²) in [5, 5.41) is 10.3. The summed E-state index contributed by atoms with van der Waals surface area (Å²) in [6.07, 6.45) is 0. The summed E-state index contributed by atoms with van der Waals surface area (Å²) in [6, 6.07) is 2.05. The minimum Gasteiger partial charge on any atom is -0.372 e. The molecular formula is C8H8ClFN2O2. The van der Waals surface area contributed by atoms with Gasteiger partial charge in [-0.25, -0.2) is 4.39 Å². The van der Waals surface area contributed by atoms with Crippen LogP contribution >= 0.6 is 11.6 Å². The highest BCUT2D eigenvalue weighted by molar-refractivity contribution is 6.31. The molecule has 0 fully saturated rings. The second-order valence-electron chi connectivity index (χ2n) is 2.91. The van der Waals surface area contributed by atoms with E-state index in [-0.39, 0.29) is 16.4 Å². The van der Waals surface area contributed by atoms with Crippen molar-refractivity contribution in [2.75, 3.05) is 19.0 Å². The first kappa shape index (κ1) is 10.7. The summed E-state index contributed by atoms with van der Waals surface area (Å²) in [5.74, 6) is -0.666. The van der Waals surface area contributed by atoms with Crippen LogP contribution in [0.25, 0.3) is 0 Å². The quantitative estimate of drug-likeness (QED) is 0.566. The van der Waals surface area contributed by atoms with Crippen LogP contribution in [0.15, 0.2) is 12.1 Å². The number of nitro benzene ring substituents is 1. The molecule has 1 aromatic carbocycles. The molecule has 0 saturated carbocycles. The standard InChI is InChI=1S/C8H8ClFN2O2/c1-11(2)7-4-6(10)5(9)3-8(7)12(13)14/h3-4H,1-2H3. The van der Waals surface area contributed by atoms with E-state index in [1.54, 1.807) is 14.1 Å². The Kier molecular flexibility index (Phi) is 2.90. The molecule has 14 heavy (non-hydrogen) atoms. The van der Waals surface area contributed by atoms with Gasteiger partial charge in [0.05, 0.1) is 9.95 Å². The molecule has 0 aromatic heterocycles. The molecule has 0 unspecified atom stereocenters. The average Bonchev–Trinajstić information content (AvgIpc) is 2.08. The van der Waals surface area contributed by atoms with Gasteiger partial charge < -0.3 is 4.90 Å². The number of nitrogens with zero attached hydrogens (tertiary/aromatic N) is 2. The van der Waals surface area contributed by atoms with Gasteiger partial charge in [-0.15, -0.1) is 0 Å².